The highest BCUT2D eigenvalue weighted by Crippen LogP contribution is 2.25. The van der Waals surface area contributed by atoms with Crippen molar-refractivity contribution in [2.24, 2.45) is 0 Å². The number of rotatable bonds is 4. The number of nitrogens with one attached hydrogen (secondary N) is 1. The van der Waals surface area contributed by atoms with Crippen molar-refractivity contribution in [3.8, 4) is 11.1 Å². The molecule has 0 fully saturated rings. The van der Waals surface area contributed by atoms with Gasteiger partial charge in [-0.2, -0.15) is 0 Å². The number of carbonyl (C=O) groups excluding carboxylic acids is 1. The van der Waals surface area contributed by atoms with E-state index in [1.807, 2.05) is 11.4 Å². The lowest BCUT2D eigenvalue weighted by Gasteiger charge is -2.03. The van der Waals surface area contributed by atoms with Gasteiger partial charge in [-0.3, -0.25) is 9.78 Å². The van der Waals surface area contributed by atoms with Crippen molar-refractivity contribution >= 4 is 33.2 Å². The first kappa shape index (κ1) is 14.0. The molecule has 6 heteroatoms. The zero-order valence-electron chi connectivity index (χ0n) is 10.9. The minimum absolute atomic E-state index is 0.137. The normalized spacial score (nSPS) is 10.5. The van der Waals surface area contributed by atoms with Gasteiger partial charge < -0.3 is 9.73 Å². The molecule has 0 aliphatic carbocycles. The maximum Gasteiger partial charge on any atom is 0.253 e. The Kier molecular flexibility index (Phi) is 4.17. The third-order valence-electron chi connectivity index (χ3n) is 2.90. The van der Waals surface area contributed by atoms with Crippen molar-refractivity contribution in [3.05, 3.63) is 63.4 Å². The van der Waals surface area contributed by atoms with Crippen LogP contribution in [0.5, 0.6) is 0 Å². The van der Waals surface area contributed by atoms with Crippen LogP contribution in [0.2, 0.25) is 0 Å². The molecule has 0 bridgehead atoms. The van der Waals surface area contributed by atoms with Crippen molar-refractivity contribution in [1.82, 2.24) is 10.3 Å². The zero-order chi connectivity index (χ0) is 14.7. The Morgan fingerprint density at radius 2 is 2.24 bits per heavy atom. The van der Waals surface area contributed by atoms with Gasteiger partial charge in [0.25, 0.3) is 5.91 Å². The van der Waals surface area contributed by atoms with E-state index in [1.165, 1.54) is 0 Å². The van der Waals surface area contributed by atoms with Gasteiger partial charge >= 0.3 is 0 Å². The standard InChI is InChI=1S/C15H11BrN2O2S/c16-13-3-11(5-17-6-13)15(19)18-7-14-4-12(9-21-14)10-1-2-20-8-10/h1-6,8-9H,7H2,(H,18,19). The van der Waals surface area contributed by atoms with Crippen LogP contribution in [0.4, 0.5) is 0 Å². The van der Waals surface area contributed by atoms with E-state index in [9.17, 15) is 4.79 Å². The van der Waals surface area contributed by atoms with Crippen LogP contribution in [0, 0.1) is 0 Å². The molecule has 21 heavy (non-hydrogen) atoms. The van der Waals surface area contributed by atoms with Gasteiger partial charge in [0.05, 0.1) is 24.6 Å². The quantitative estimate of drug-likeness (QED) is 0.760. The molecular formula is C15H11BrN2O2S. The second-order valence-electron chi connectivity index (χ2n) is 4.39. The summed E-state index contributed by atoms with van der Waals surface area (Å²) in [5.74, 6) is -0.137. The van der Waals surface area contributed by atoms with Crippen LogP contribution in [-0.4, -0.2) is 10.9 Å². The number of aromatic nitrogens is 1. The molecule has 0 saturated carbocycles. The number of carbonyl (C=O) groups is 1. The number of hydrogen-bond donors (Lipinski definition) is 1. The molecule has 0 saturated heterocycles. The summed E-state index contributed by atoms with van der Waals surface area (Å²) in [6.45, 7) is 0.494. The summed E-state index contributed by atoms with van der Waals surface area (Å²) >= 11 is 4.91. The Balaban J connectivity index is 1.64. The number of amides is 1. The second-order valence-corrected chi connectivity index (χ2v) is 6.30. The van der Waals surface area contributed by atoms with Gasteiger partial charge in [0, 0.05) is 27.3 Å². The van der Waals surface area contributed by atoms with E-state index in [0.29, 0.717) is 12.1 Å². The SMILES string of the molecule is O=C(NCc1cc(-c2ccoc2)cs1)c1cncc(Br)c1. The molecule has 3 aromatic heterocycles. The number of furan rings is 1. The highest BCUT2D eigenvalue weighted by molar-refractivity contribution is 9.10. The Morgan fingerprint density at radius 3 is 3.00 bits per heavy atom. The fourth-order valence-electron chi connectivity index (χ4n) is 1.86. The summed E-state index contributed by atoms with van der Waals surface area (Å²) in [5.41, 5.74) is 2.68. The first-order chi connectivity index (χ1) is 10.2. The van der Waals surface area contributed by atoms with Crippen LogP contribution in [-0.2, 0) is 6.54 Å². The Labute approximate surface area is 134 Å². The van der Waals surface area contributed by atoms with E-state index in [2.05, 4.69) is 32.3 Å². The third kappa shape index (κ3) is 3.40. The molecule has 0 aliphatic rings. The zero-order valence-corrected chi connectivity index (χ0v) is 13.3. The predicted octanol–water partition coefficient (Wildman–Crippen LogP) is 4.10. The largest absolute Gasteiger partial charge is 0.472 e. The second kappa shape index (κ2) is 6.24. The van der Waals surface area contributed by atoms with E-state index in [-0.39, 0.29) is 5.91 Å². The van der Waals surface area contributed by atoms with E-state index in [0.717, 1.165) is 20.5 Å². The predicted molar refractivity (Wildman–Crippen MR) is 85.1 cm³/mol. The highest BCUT2D eigenvalue weighted by Gasteiger charge is 2.08. The fraction of sp³-hybridized carbons (Fsp3) is 0.0667. The molecule has 0 aliphatic heterocycles. The van der Waals surface area contributed by atoms with Gasteiger partial charge in [-0.15, -0.1) is 11.3 Å². The van der Waals surface area contributed by atoms with E-state index >= 15 is 0 Å². The summed E-state index contributed by atoms with van der Waals surface area (Å²) in [4.78, 5) is 17.1. The van der Waals surface area contributed by atoms with Crippen LogP contribution >= 0.6 is 27.3 Å². The minimum atomic E-state index is -0.137. The monoisotopic (exact) mass is 362 g/mol. The topological polar surface area (TPSA) is 55.1 Å². The molecule has 1 amide bonds. The fourth-order valence-corrected chi connectivity index (χ4v) is 3.06. The highest BCUT2D eigenvalue weighted by atomic mass is 79.9. The summed E-state index contributed by atoms with van der Waals surface area (Å²) < 4.78 is 5.85. The van der Waals surface area contributed by atoms with Crippen molar-refractivity contribution in [1.29, 1.82) is 0 Å². The molecule has 106 valence electrons. The molecule has 0 radical (unpaired) electrons. The summed E-state index contributed by atoms with van der Waals surface area (Å²) in [7, 11) is 0. The minimum Gasteiger partial charge on any atom is -0.472 e. The first-order valence-corrected chi connectivity index (χ1v) is 7.88. The number of thiophene rings is 1. The van der Waals surface area contributed by atoms with Gasteiger partial charge in [-0.05, 0) is 45.1 Å². The van der Waals surface area contributed by atoms with Crippen molar-refractivity contribution in [2.45, 2.75) is 6.54 Å². The van der Waals surface area contributed by atoms with Gasteiger partial charge in [0.2, 0.25) is 0 Å². The van der Waals surface area contributed by atoms with Crippen LogP contribution < -0.4 is 5.32 Å². The number of halogens is 1. The van der Waals surface area contributed by atoms with Gasteiger partial charge in [-0.25, -0.2) is 0 Å². The summed E-state index contributed by atoms with van der Waals surface area (Å²) in [5, 5.41) is 4.94. The summed E-state index contributed by atoms with van der Waals surface area (Å²) in [6, 6.07) is 5.71. The third-order valence-corrected chi connectivity index (χ3v) is 4.27. The van der Waals surface area contributed by atoms with E-state index in [1.54, 1.807) is 42.3 Å². The Bertz CT molecular complexity index is 753. The molecule has 4 nitrogen and oxygen atoms in total. The van der Waals surface area contributed by atoms with Gasteiger partial charge in [0.1, 0.15) is 0 Å². The molecule has 0 aromatic carbocycles. The Morgan fingerprint density at radius 1 is 1.33 bits per heavy atom. The molecule has 3 heterocycles. The number of pyridine rings is 1. The lowest BCUT2D eigenvalue weighted by Crippen LogP contribution is -2.22. The van der Waals surface area contributed by atoms with E-state index in [4.69, 9.17) is 4.42 Å². The van der Waals surface area contributed by atoms with Gasteiger partial charge in [0.15, 0.2) is 0 Å². The Hall–Kier alpha value is -1.92. The van der Waals surface area contributed by atoms with Crippen LogP contribution in [0.1, 0.15) is 15.2 Å². The lowest BCUT2D eigenvalue weighted by molar-refractivity contribution is 0.0951. The molecule has 0 unspecified atom stereocenters. The van der Waals surface area contributed by atoms with Crippen molar-refractivity contribution < 1.29 is 9.21 Å². The van der Waals surface area contributed by atoms with Crippen molar-refractivity contribution in [2.75, 3.05) is 0 Å². The van der Waals surface area contributed by atoms with Crippen LogP contribution in [0.15, 0.2) is 57.4 Å². The van der Waals surface area contributed by atoms with E-state index < -0.39 is 0 Å². The van der Waals surface area contributed by atoms with Gasteiger partial charge in [-0.1, -0.05) is 0 Å². The molecule has 0 atom stereocenters. The first-order valence-electron chi connectivity index (χ1n) is 6.21. The maximum absolute atomic E-state index is 12.0. The van der Waals surface area contributed by atoms with Crippen molar-refractivity contribution in [3.63, 3.8) is 0 Å². The average Bonchev–Trinajstić information content (AvgIpc) is 3.15. The molecule has 0 spiro atoms. The smallest absolute Gasteiger partial charge is 0.253 e. The lowest BCUT2D eigenvalue weighted by atomic mass is 10.2. The number of nitrogens with zero attached hydrogens (tertiary/aromatic N) is 1. The number of hydrogen-bond acceptors (Lipinski definition) is 4. The van der Waals surface area contributed by atoms with Crippen LogP contribution in [0.3, 0.4) is 0 Å². The molecule has 3 aromatic rings. The average molecular weight is 363 g/mol. The molecule has 3 rings (SSSR count). The van der Waals surface area contributed by atoms with Crippen LogP contribution in [0.25, 0.3) is 11.1 Å². The maximum atomic E-state index is 12.0. The molecule has 1 N–H and O–H groups in total. The summed E-state index contributed by atoms with van der Waals surface area (Å²) in [6.07, 6.45) is 6.55. The molecular weight excluding hydrogens is 352 g/mol.